The van der Waals surface area contributed by atoms with Crippen LogP contribution in [0.25, 0.3) is 0 Å². The van der Waals surface area contributed by atoms with Gasteiger partial charge in [0.1, 0.15) is 18.7 Å². The summed E-state index contributed by atoms with van der Waals surface area (Å²) in [7, 11) is 0. The summed E-state index contributed by atoms with van der Waals surface area (Å²) in [4.78, 5) is 41.4. The summed E-state index contributed by atoms with van der Waals surface area (Å²) in [5.74, 6) is 0.611. The van der Waals surface area contributed by atoms with Crippen LogP contribution in [0.2, 0.25) is 0 Å². The number of nitrogens with zero attached hydrogens (tertiary/aromatic N) is 4. The molecule has 1 atom stereocenters. The Hall–Kier alpha value is -3.23. The van der Waals surface area contributed by atoms with Crippen molar-refractivity contribution in [1.29, 1.82) is 0 Å². The van der Waals surface area contributed by atoms with Crippen LogP contribution in [0.5, 0.6) is 0 Å². The number of carbonyl (C=O) groups is 3. The van der Waals surface area contributed by atoms with Crippen LogP contribution in [0.15, 0.2) is 30.6 Å². The normalized spacial score (nSPS) is 17.7. The molecule has 0 spiro atoms. The second kappa shape index (κ2) is 6.82. The smallest absolute Gasteiger partial charge is 0.329 e. The number of benzene rings is 1. The fraction of sp³-hybridized carbons (Fsp3) is 0.389. The molecule has 140 valence electrons. The van der Waals surface area contributed by atoms with Gasteiger partial charge in [-0.05, 0) is 49.9 Å². The van der Waals surface area contributed by atoms with E-state index in [9.17, 15) is 14.4 Å². The molecule has 1 unspecified atom stereocenters. The van der Waals surface area contributed by atoms with Gasteiger partial charge in [-0.3, -0.25) is 19.8 Å². The molecule has 2 N–H and O–H groups in total. The van der Waals surface area contributed by atoms with E-state index in [1.54, 1.807) is 28.9 Å². The third kappa shape index (κ3) is 3.40. The lowest BCUT2D eigenvalue weighted by molar-refractivity contribution is -0.117. The number of aromatic nitrogens is 3. The van der Waals surface area contributed by atoms with Gasteiger partial charge in [-0.25, -0.2) is 14.5 Å². The summed E-state index contributed by atoms with van der Waals surface area (Å²) in [5, 5.41) is 9.49. The third-order valence-electron chi connectivity index (χ3n) is 4.84. The molecule has 1 aliphatic heterocycles. The molecule has 0 bridgehead atoms. The van der Waals surface area contributed by atoms with E-state index in [2.05, 4.69) is 20.7 Å². The Bertz CT molecular complexity index is 887. The molecule has 2 heterocycles. The summed E-state index contributed by atoms with van der Waals surface area (Å²) < 4.78 is 1.80. The van der Waals surface area contributed by atoms with Crippen molar-refractivity contribution in [2.24, 2.45) is 5.92 Å². The van der Waals surface area contributed by atoms with E-state index < -0.39 is 6.03 Å². The predicted molar refractivity (Wildman–Crippen MR) is 96.0 cm³/mol. The van der Waals surface area contributed by atoms with E-state index in [0.717, 1.165) is 18.7 Å². The number of urea groups is 1. The molecule has 4 amide bonds. The van der Waals surface area contributed by atoms with Crippen molar-refractivity contribution in [2.45, 2.75) is 32.4 Å². The van der Waals surface area contributed by atoms with Crippen LogP contribution >= 0.6 is 0 Å². The first-order valence-electron chi connectivity index (χ1n) is 8.96. The van der Waals surface area contributed by atoms with Crippen LogP contribution in [0, 0.1) is 5.92 Å². The minimum Gasteiger partial charge on any atom is -0.342 e. The van der Waals surface area contributed by atoms with E-state index in [-0.39, 0.29) is 24.4 Å². The Kier molecular flexibility index (Phi) is 4.35. The average Bonchev–Trinajstić information content (AvgIpc) is 3.30. The van der Waals surface area contributed by atoms with Crippen molar-refractivity contribution < 1.29 is 14.4 Å². The number of hydrogen-bond acceptors (Lipinski definition) is 5. The van der Waals surface area contributed by atoms with Crippen molar-refractivity contribution in [3.05, 3.63) is 42.0 Å². The first-order chi connectivity index (χ1) is 13.1. The van der Waals surface area contributed by atoms with Gasteiger partial charge in [0.15, 0.2) is 0 Å². The molecular weight excluding hydrogens is 348 g/mol. The standard InChI is InChI=1S/C18H20N6O3/c1-2-24-16(19-10-20-24)15(11-3-4-11)22-17(26)12-5-7-13(8-6-12)23-9-14(25)21-18(23)27/h5-8,10-11,15H,2-4,9H2,1H3,(H,22,26)(H,21,25,27). The van der Waals surface area contributed by atoms with Crippen molar-refractivity contribution in [2.75, 3.05) is 11.4 Å². The van der Waals surface area contributed by atoms with Gasteiger partial charge in [0.25, 0.3) is 5.91 Å². The van der Waals surface area contributed by atoms with Gasteiger partial charge in [-0.1, -0.05) is 0 Å². The molecule has 2 aromatic rings. The summed E-state index contributed by atoms with van der Waals surface area (Å²) in [6, 6.07) is 6.00. The highest BCUT2D eigenvalue weighted by molar-refractivity contribution is 6.12. The second-order valence-corrected chi connectivity index (χ2v) is 6.71. The number of aryl methyl sites for hydroxylation is 1. The van der Waals surface area contributed by atoms with E-state index in [0.29, 0.717) is 23.7 Å². The highest BCUT2D eigenvalue weighted by atomic mass is 16.2. The first-order valence-corrected chi connectivity index (χ1v) is 8.96. The average molecular weight is 368 g/mol. The van der Waals surface area contributed by atoms with Gasteiger partial charge in [0.05, 0.1) is 6.04 Å². The maximum absolute atomic E-state index is 12.7. The van der Waals surface area contributed by atoms with Gasteiger partial charge in [0, 0.05) is 17.8 Å². The zero-order valence-electron chi connectivity index (χ0n) is 14.9. The van der Waals surface area contributed by atoms with Crippen LogP contribution in [0.3, 0.4) is 0 Å². The van der Waals surface area contributed by atoms with Crippen molar-refractivity contribution in [1.82, 2.24) is 25.4 Å². The van der Waals surface area contributed by atoms with Gasteiger partial charge in [-0.15, -0.1) is 0 Å². The number of amides is 4. The van der Waals surface area contributed by atoms with Gasteiger partial charge < -0.3 is 5.32 Å². The Morgan fingerprint density at radius 2 is 2.04 bits per heavy atom. The molecule has 9 nitrogen and oxygen atoms in total. The molecule has 27 heavy (non-hydrogen) atoms. The van der Waals surface area contributed by atoms with E-state index in [1.165, 1.54) is 11.2 Å². The monoisotopic (exact) mass is 368 g/mol. The zero-order chi connectivity index (χ0) is 19.0. The van der Waals surface area contributed by atoms with E-state index in [4.69, 9.17) is 0 Å². The van der Waals surface area contributed by atoms with Crippen LogP contribution in [-0.4, -0.2) is 39.2 Å². The maximum Gasteiger partial charge on any atom is 0.329 e. The Balaban J connectivity index is 1.49. The molecule has 0 radical (unpaired) electrons. The maximum atomic E-state index is 12.7. The van der Waals surface area contributed by atoms with E-state index in [1.807, 2.05) is 6.92 Å². The summed E-state index contributed by atoms with van der Waals surface area (Å²) in [5.41, 5.74) is 1.05. The lowest BCUT2D eigenvalue weighted by atomic mass is 10.1. The summed E-state index contributed by atoms with van der Waals surface area (Å²) in [6.07, 6.45) is 3.62. The number of imide groups is 1. The van der Waals surface area contributed by atoms with Crippen molar-refractivity contribution in [3.63, 3.8) is 0 Å². The lowest BCUT2D eigenvalue weighted by Crippen LogP contribution is -2.32. The predicted octanol–water partition coefficient (Wildman–Crippen LogP) is 1.24. The summed E-state index contributed by atoms with van der Waals surface area (Å²) in [6.45, 7) is 2.67. The molecule has 2 fully saturated rings. The fourth-order valence-electron chi connectivity index (χ4n) is 3.25. The molecule has 1 saturated heterocycles. The zero-order valence-corrected chi connectivity index (χ0v) is 14.9. The number of anilines is 1. The molecule has 2 aliphatic rings. The molecule has 1 aromatic carbocycles. The van der Waals surface area contributed by atoms with Gasteiger partial charge in [-0.2, -0.15) is 5.10 Å². The topological polar surface area (TPSA) is 109 Å². The summed E-state index contributed by atoms with van der Waals surface area (Å²) >= 11 is 0. The second-order valence-electron chi connectivity index (χ2n) is 6.71. The minimum atomic E-state index is -0.454. The number of nitrogens with one attached hydrogen (secondary N) is 2. The molecule has 9 heteroatoms. The lowest BCUT2D eigenvalue weighted by Gasteiger charge is -2.18. The quantitative estimate of drug-likeness (QED) is 0.746. The van der Waals surface area contributed by atoms with Crippen LogP contribution in [-0.2, 0) is 11.3 Å². The van der Waals surface area contributed by atoms with Gasteiger partial charge in [0.2, 0.25) is 5.91 Å². The first kappa shape index (κ1) is 17.2. The molecule has 1 aromatic heterocycles. The molecule has 1 aliphatic carbocycles. The Morgan fingerprint density at radius 3 is 2.63 bits per heavy atom. The van der Waals surface area contributed by atoms with Crippen molar-refractivity contribution in [3.8, 4) is 0 Å². The van der Waals surface area contributed by atoms with Crippen LogP contribution in [0.4, 0.5) is 10.5 Å². The van der Waals surface area contributed by atoms with Crippen molar-refractivity contribution >= 4 is 23.5 Å². The number of carbonyl (C=O) groups excluding carboxylic acids is 3. The highest BCUT2D eigenvalue weighted by Crippen LogP contribution is 2.40. The highest BCUT2D eigenvalue weighted by Gasteiger charge is 2.36. The van der Waals surface area contributed by atoms with Crippen LogP contribution < -0.4 is 15.5 Å². The fourth-order valence-corrected chi connectivity index (χ4v) is 3.25. The van der Waals surface area contributed by atoms with Crippen LogP contribution in [0.1, 0.15) is 42.0 Å². The number of rotatable bonds is 6. The molecular formula is C18H20N6O3. The largest absolute Gasteiger partial charge is 0.342 e. The number of hydrogen-bond donors (Lipinski definition) is 2. The van der Waals surface area contributed by atoms with Gasteiger partial charge >= 0.3 is 6.03 Å². The Labute approximate surface area is 155 Å². The molecule has 1 saturated carbocycles. The SMILES string of the molecule is CCn1ncnc1C(NC(=O)c1ccc(N2CC(=O)NC2=O)cc1)C1CC1. The minimum absolute atomic E-state index is 0.0131. The third-order valence-corrected chi connectivity index (χ3v) is 4.84. The Morgan fingerprint density at radius 1 is 1.30 bits per heavy atom. The van der Waals surface area contributed by atoms with E-state index >= 15 is 0 Å². The molecule has 4 rings (SSSR count).